The molecule has 2 fully saturated rings. The Bertz CT molecular complexity index is 1890. The number of nitrogen functional groups attached to an aromatic ring is 1. The number of carbonyl (C=O) groups is 2. The van der Waals surface area contributed by atoms with E-state index in [1.165, 1.54) is 17.8 Å². The van der Waals surface area contributed by atoms with E-state index in [9.17, 15) is 9.59 Å². The zero-order valence-corrected chi connectivity index (χ0v) is 22.7. The van der Waals surface area contributed by atoms with E-state index in [1.54, 1.807) is 36.7 Å². The number of ketones is 1. The molecule has 2 aliphatic heterocycles. The number of pyridine rings is 1. The monoisotopic (exact) mass is 566 g/mol. The molecule has 212 valence electrons. The fraction of sp³-hybridized carbons (Fsp3) is 0.300. The summed E-state index contributed by atoms with van der Waals surface area (Å²) in [6.07, 6.45) is 7.78. The Labute approximate surface area is 245 Å². The van der Waals surface area contributed by atoms with Crippen LogP contribution >= 0.6 is 0 Å². The summed E-state index contributed by atoms with van der Waals surface area (Å²) < 4.78 is 28.2. The van der Waals surface area contributed by atoms with E-state index in [-0.39, 0.29) is 47.1 Å². The molecule has 0 unspecified atom stereocenters. The number of nitrogens with one attached hydrogen (secondary N) is 1. The molecule has 5 aromatic rings. The maximum absolute atomic E-state index is 13.2. The van der Waals surface area contributed by atoms with Crippen LogP contribution in [0.25, 0.3) is 28.0 Å². The number of nitrogens with zero attached hydrogens (tertiary/aromatic N) is 7. The van der Waals surface area contributed by atoms with Gasteiger partial charge < -0.3 is 20.4 Å². The van der Waals surface area contributed by atoms with Crippen LogP contribution < -0.4 is 10.5 Å². The molecular weight excluding hydrogens is 534 g/mol. The van der Waals surface area contributed by atoms with E-state index in [1.807, 2.05) is 17.0 Å². The number of amides is 1. The summed E-state index contributed by atoms with van der Waals surface area (Å²) in [6.45, 7) is 1.48. The van der Waals surface area contributed by atoms with Gasteiger partial charge in [0.25, 0.3) is 5.91 Å². The molecule has 7 rings (SSSR count). The van der Waals surface area contributed by atoms with Gasteiger partial charge in [0.1, 0.15) is 17.9 Å². The third kappa shape index (κ3) is 4.18. The summed E-state index contributed by atoms with van der Waals surface area (Å²) in [5.74, 6) is 0.260. The largest absolute Gasteiger partial charge is 0.497 e. The lowest BCUT2D eigenvalue weighted by Gasteiger charge is -2.38. The van der Waals surface area contributed by atoms with Gasteiger partial charge in [0, 0.05) is 40.9 Å². The molecule has 1 amide bonds. The van der Waals surface area contributed by atoms with E-state index in [0.717, 1.165) is 24.0 Å². The average Bonchev–Trinajstić information content (AvgIpc) is 3.75. The molecule has 4 aromatic heterocycles. The fourth-order valence-corrected chi connectivity index (χ4v) is 6.47. The summed E-state index contributed by atoms with van der Waals surface area (Å²) in [7, 11) is -2.52. The Hall–Kier alpha value is -5.13. The number of ether oxygens (including phenoxy) is 1. The second-order valence-electron chi connectivity index (χ2n) is 10.8. The number of H-pyrrole nitrogens is 1. The SMILES string of the molecule is [2H]C([2H])([2H])Oc1ccc(-c2ccc(-c3cnn4c(N)c(C(C)=O)c([C@H]5C[C@H]6CC[C@@H](C5)N6C(=O)c5nnc[nH]5)nc34)cn2)cc1. The Balaban J connectivity index is 1.20. The zero-order valence-electron chi connectivity index (χ0n) is 25.7. The molecule has 2 bridgehead atoms. The quantitative estimate of drug-likeness (QED) is 0.291. The van der Waals surface area contributed by atoms with Gasteiger partial charge in [0.05, 0.1) is 34.3 Å². The van der Waals surface area contributed by atoms with Crippen LogP contribution in [0.4, 0.5) is 5.82 Å². The van der Waals surface area contributed by atoms with Crippen molar-refractivity contribution in [3.8, 4) is 28.1 Å². The Morgan fingerprint density at radius 3 is 2.48 bits per heavy atom. The molecule has 3 N–H and O–H groups in total. The van der Waals surface area contributed by atoms with Crippen molar-refractivity contribution in [2.24, 2.45) is 0 Å². The predicted octanol–water partition coefficient (Wildman–Crippen LogP) is 3.92. The smallest absolute Gasteiger partial charge is 0.292 e. The maximum Gasteiger partial charge on any atom is 0.292 e. The highest BCUT2D eigenvalue weighted by atomic mass is 16.5. The highest BCUT2D eigenvalue weighted by Gasteiger charge is 2.45. The average molecular weight is 567 g/mol. The third-order valence-corrected chi connectivity index (χ3v) is 8.38. The van der Waals surface area contributed by atoms with Gasteiger partial charge >= 0.3 is 0 Å². The molecule has 0 saturated carbocycles. The topological polar surface area (TPSA) is 157 Å². The van der Waals surface area contributed by atoms with Crippen molar-refractivity contribution in [2.45, 2.75) is 50.6 Å². The van der Waals surface area contributed by atoms with Crippen molar-refractivity contribution in [3.63, 3.8) is 0 Å². The first-order valence-corrected chi connectivity index (χ1v) is 13.7. The van der Waals surface area contributed by atoms with Crippen LogP contribution in [-0.4, -0.2) is 70.5 Å². The highest BCUT2D eigenvalue weighted by molar-refractivity contribution is 6.00. The van der Waals surface area contributed by atoms with Crippen LogP contribution in [0.2, 0.25) is 0 Å². The number of benzene rings is 1. The van der Waals surface area contributed by atoms with E-state index in [2.05, 4.69) is 25.3 Å². The van der Waals surface area contributed by atoms with E-state index in [4.69, 9.17) is 19.6 Å². The van der Waals surface area contributed by atoms with E-state index >= 15 is 0 Å². The molecule has 42 heavy (non-hydrogen) atoms. The maximum atomic E-state index is 13.2. The number of Topliss-reactive ketones (excluding diaryl/α,β-unsaturated/α-hetero) is 1. The molecular formula is C30H29N9O3. The van der Waals surface area contributed by atoms with Gasteiger partial charge in [-0.05, 0) is 62.9 Å². The van der Waals surface area contributed by atoms with Crippen molar-refractivity contribution < 1.29 is 18.4 Å². The van der Waals surface area contributed by atoms with Crippen LogP contribution in [0.15, 0.2) is 55.1 Å². The standard InChI is InChI=1S/C30H29N9O3/c1-16(40)25-26(19-11-20-6-7-21(12-19)38(20)30(41)28-33-15-34-37-28)36-29-23(14-35-39(29)27(25)31)18-5-10-24(32-13-18)17-3-8-22(42-2)9-4-17/h3-5,8-10,13-15,19-21H,6-7,11-12,31H2,1-2H3,(H,33,34,37)/t19-,20+,21-/i2D3. The van der Waals surface area contributed by atoms with Gasteiger partial charge in [-0.25, -0.2) is 4.98 Å². The lowest BCUT2D eigenvalue weighted by atomic mass is 9.85. The number of hydrogen-bond donors (Lipinski definition) is 2. The zero-order chi connectivity index (χ0) is 31.5. The number of anilines is 1. The first-order chi connectivity index (χ1) is 21.6. The first-order valence-electron chi connectivity index (χ1n) is 15.2. The number of fused-ring (bicyclic) bond motifs is 3. The molecule has 0 radical (unpaired) electrons. The van der Waals surface area contributed by atoms with Crippen LogP contribution in [0.3, 0.4) is 0 Å². The Morgan fingerprint density at radius 2 is 1.83 bits per heavy atom. The van der Waals surface area contributed by atoms with E-state index < -0.39 is 7.04 Å². The lowest BCUT2D eigenvalue weighted by molar-refractivity contribution is 0.0556. The van der Waals surface area contributed by atoms with Gasteiger partial charge in [-0.1, -0.05) is 6.07 Å². The summed E-state index contributed by atoms with van der Waals surface area (Å²) in [5, 5.41) is 12.1. The molecule has 12 heteroatoms. The molecule has 12 nitrogen and oxygen atoms in total. The number of piperidine rings is 1. The molecule has 2 aliphatic rings. The number of carbonyl (C=O) groups excluding carboxylic acids is 2. The van der Waals surface area contributed by atoms with Gasteiger partial charge in [0.2, 0.25) is 5.82 Å². The molecule has 2 saturated heterocycles. The highest BCUT2D eigenvalue weighted by Crippen LogP contribution is 2.45. The normalized spacial score (nSPS) is 21.1. The number of methoxy groups -OCH3 is 1. The van der Waals surface area contributed by atoms with Crippen molar-refractivity contribution in [1.82, 2.24) is 39.7 Å². The molecule has 0 aliphatic carbocycles. The van der Waals surface area contributed by atoms with Crippen molar-refractivity contribution in [3.05, 3.63) is 72.2 Å². The number of hydrogen-bond acceptors (Lipinski definition) is 9. The predicted molar refractivity (Wildman–Crippen MR) is 154 cm³/mol. The summed E-state index contributed by atoms with van der Waals surface area (Å²) in [6, 6.07) is 10.4. The minimum absolute atomic E-state index is 0.0133. The molecule has 6 heterocycles. The minimum Gasteiger partial charge on any atom is -0.497 e. The molecule has 0 spiro atoms. The first kappa shape index (κ1) is 22.5. The van der Waals surface area contributed by atoms with Crippen molar-refractivity contribution in [1.29, 1.82) is 0 Å². The molecule has 3 atom stereocenters. The summed E-state index contributed by atoms with van der Waals surface area (Å²) >= 11 is 0. The van der Waals surface area contributed by atoms with Gasteiger partial charge in [-0.2, -0.15) is 9.61 Å². The minimum atomic E-state index is -2.52. The Morgan fingerprint density at radius 1 is 1.07 bits per heavy atom. The Kier molecular flexibility index (Phi) is 5.40. The number of rotatable bonds is 6. The second-order valence-corrected chi connectivity index (χ2v) is 10.8. The number of aromatic nitrogens is 7. The summed E-state index contributed by atoms with van der Waals surface area (Å²) in [5.41, 5.74) is 11.0. The number of nitrogens with two attached hydrogens (primary N) is 1. The van der Waals surface area contributed by atoms with E-state index in [0.29, 0.717) is 41.0 Å². The lowest BCUT2D eigenvalue weighted by Crippen LogP contribution is -2.46. The molecule has 1 aromatic carbocycles. The van der Waals surface area contributed by atoms with Crippen LogP contribution in [-0.2, 0) is 0 Å². The van der Waals surface area contributed by atoms with Gasteiger partial charge in [-0.3, -0.25) is 14.6 Å². The number of aromatic amines is 1. The van der Waals surface area contributed by atoms with Crippen molar-refractivity contribution >= 4 is 23.2 Å². The second kappa shape index (κ2) is 10.1. The van der Waals surface area contributed by atoms with Gasteiger partial charge in [-0.15, -0.1) is 10.2 Å². The van der Waals surface area contributed by atoms with Crippen LogP contribution in [0.5, 0.6) is 5.75 Å². The fourth-order valence-electron chi connectivity index (χ4n) is 6.47. The third-order valence-electron chi connectivity index (χ3n) is 8.38. The van der Waals surface area contributed by atoms with Crippen LogP contribution in [0, 0.1) is 0 Å². The van der Waals surface area contributed by atoms with Crippen molar-refractivity contribution in [2.75, 3.05) is 12.8 Å². The van der Waals surface area contributed by atoms with Crippen LogP contribution in [0.1, 0.15) is 69.3 Å². The summed E-state index contributed by atoms with van der Waals surface area (Å²) in [4.78, 5) is 40.5. The van der Waals surface area contributed by atoms with Gasteiger partial charge in [0.15, 0.2) is 11.4 Å².